The second-order valence-corrected chi connectivity index (χ2v) is 7.09. The molecule has 0 fully saturated rings. The van der Waals surface area contributed by atoms with Gasteiger partial charge < -0.3 is 11.1 Å². The molecule has 0 saturated carbocycles. The van der Waals surface area contributed by atoms with Crippen LogP contribution in [0, 0.1) is 18.6 Å². The minimum atomic E-state index is -0.857. The van der Waals surface area contributed by atoms with E-state index in [0.29, 0.717) is 11.5 Å². The number of carbonyl (C=O) groups is 1. The molecule has 4 rings (SSSR count). The van der Waals surface area contributed by atoms with Gasteiger partial charge in [0.05, 0.1) is 5.69 Å². The highest BCUT2D eigenvalue weighted by Crippen LogP contribution is 2.30. The van der Waals surface area contributed by atoms with Crippen molar-refractivity contribution in [1.29, 1.82) is 0 Å². The van der Waals surface area contributed by atoms with Gasteiger partial charge in [-0.2, -0.15) is 5.10 Å². The average molecular weight is 419 g/mol. The molecule has 3 N–H and O–H groups in total. The van der Waals surface area contributed by atoms with Crippen molar-refractivity contribution in [2.45, 2.75) is 6.92 Å². The number of para-hydroxylation sites is 1. The molecule has 156 valence electrons. The van der Waals surface area contributed by atoms with Gasteiger partial charge >= 0.3 is 0 Å². The maximum atomic E-state index is 13.9. The highest BCUT2D eigenvalue weighted by atomic mass is 19.1. The Morgan fingerprint density at radius 1 is 1.03 bits per heavy atom. The van der Waals surface area contributed by atoms with Gasteiger partial charge in [-0.1, -0.05) is 18.2 Å². The lowest BCUT2D eigenvalue weighted by atomic mass is 9.98. The molecule has 0 atom stereocenters. The first-order chi connectivity index (χ1) is 14.8. The lowest BCUT2D eigenvalue weighted by Crippen LogP contribution is -2.15. The summed E-state index contributed by atoms with van der Waals surface area (Å²) < 4.78 is 29.3. The fourth-order valence-electron chi connectivity index (χ4n) is 3.33. The van der Waals surface area contributed by atoms with E-state index in [1.807, 2.05) is 31.2 Å². The van der Waals surface area contributed by atoms with Crippen LogP contribution in [0.2, 0.25) is 0 Å². The highest BCUT2D eigenvalue weighted by molar-refractivity contribution is 6.03. The summed E-state index contributed by atoms with van der Waals surface area (Å²) in [6, 6.07) is 14.5. The summed E-state index contributed by atoms with van der Waals surface area (Å²) in [5.41, 5.74) is 9.68. The van der Waals surface area contributed by atoms with E-state index in [1.165, 1.54) is 6.07 Å². The van der Waals surface area contributed by atoms with E-state index in [-0.39, 0.29) is 5.69 Å². The normalized spacial score (nSPS) is 10.8. The summed E-state index contributed by atoms with van der Waals surface area (Å²) in [7, 11) is 1.70. The second kappa shape index (κ2) is 7.98. The SMILES string of the molecule is Cc1ccc(-c2ccnc(N)c2)cc1-c1cc(C(=O)Nc2c(F)cccc2F)nn1C. The number of nitrogens with one attached hydrogen (secondary N) is 1. The van der Waals surface area contributed by atoms with Crippen LogP contribution in [-0.4, -0.2) is 20.7 Å². The van der Waals surface area contributed by atoms with Crippen LogP contribution in [0.25, 0.3) is 22.4 Å². The molecule has 4 aromatic rings. The number of nitrogen functional groups attached to an aromatic ring is 1. The molecule has 0 aliphatic heterocycles. The van der Waals surface area contributed by atoms with E-state index >= 15 is 0 Å². The Bertz CT molecular complexity index is 1280. The van der Waals surface area contributed by atoms with Crippen LogP contribution in [0.3, 0.4) is 0 Å². The Morgan fingerprint density at radius 3 is 2.45 bits per heavy atom. The van der Waals surface area contributed by atoms with Crippen molar-refractivity contribution < 1.29 is 13.6 Å². The molecule has 0 aliphatic rings. The van der Waals surface area contributed by atoms with Gasteiger partial charge in [-0.25, -0.2) is 13.8 Å². The van der Waals surface area contributed by atoms with Gasteiger partial charge in [0.25, 0.3) is 5.91 Å². The number of aryl methyl sites for hydroxylation is 2. The van der Waals surface area contributed by atoms with Crippen molar-refractivity contribution in [2.75, 3.05) is 11.1 Å². The average Bonchev–Trinajstić information content (AvgIpc) is 3.12. The third kappa shape index (κ3) is 4.00. The van der Waals surface area contributed by atoms with Crippen LogP contribution in [0.5, 0.6) is 0 Å². The minimum absolute atomic E-state index is 0.0399. The van der Waals surface area contributed by atoms with Crippen molar-refractivity contribution in [2.24, 2.45) is 7.05 Å². The lowest BCUT2D eigenvalue weighted by molar-refractivity contribution is 0.102. The third-order valence-electron chi connectivity index (χ3n) is 4.94. The molecule has 0 saturated heterocycles. The van der Waals surface area contributed by atoms with Gasteiger partial charge in [-0.05, 0) is 60.0 Å². The number of aromatic nitrogens is 3. The number of carbonyl (C=O) groups excluding carboxylic acids is 1. The first kappa shape index (κ1) is 20.2. The molecular weight excluding hydrogens is 400 g/mol. The van der Waals surface area contributed by atoms with Gasteiger partial charge in [0.15, 0.2) is 5.69 Å². The van der Waals surface area contributed by atoms with Crippen LogP contribution in [0.15, 0.2) is 60.8 Å². The third-order valence-corrected chi connectivity index (χ3v) is 4.94. The molecule has 2 aromatic heterocycles. The van der Waals surface area contributed by atoms with E-state index in [4.69, 9.17) is 5.73 Å². The summed E-state index contributed by atoms with van der Waals surface area (Å²) in [5, 5.41) is 6.49. The predicted octanol–water partition coefficient (Wildman–Crippen LogP) is 4.57. The largest absolute Gasteiger partial charge is 0.384 e. The Morgan fingerprint density at radius 2 is 1.74 bits per heavy atom. The monoisotopic (exact) mass is 419 g/mol. The van der Waals surface area contributed by atoms with E-state index in [1.54, 1.807) is 30.1 Å². The zero-order valence-electron chi connectivity index (χ0n) is 16.9. The van der Waals surface area contributed by atoms with E-state index in [0.717, 1.165) is 34.4 Å². The van der Waals surface area contributed by atoms with Crippen molar-refractivity contribution in [3.05, 3.63) is 83.7 Å². The fourth-order valence-corrected chi connectivity index (χ4v) is 3.33. The standard InChI is InChI=1S/C23H19F2N5O/c1-13-6-7-14(15-8-9-27-21(26)11-15)10-16(13)20-12-19(29-30(20)2)23(31)28-22-17(24)4-3-5-18(22)25/h3-12H,1-2H3,(H2,26,27)(H,28,31). The molecule has 0 bridgehead atoms. The van der Waals surface area contributed by atoms with Crippen LogP contribution in [0.1, 0.15) is 16.1 Å². The number of nitrogens with zero attached hydrogens (tertiary/aromatic N) is 3. The topological polar surface area (TPSA) is 85.8 Å². The zero-order valence-corrected chi connectivity index (χ0v) is 16.9. The van der Waals surface area contributed by atoms with E-state index in [9.17, 15) is 13.6 Å². The van der Waals surface area contributed by atoms with Gasteiger partial charge in [-0.15, -0.1) is 0 Å². The van der Waals surface area contributed by atoms with Crippen molar-refractivity contribution in [3.8, 4) is 22.4 Å². The van der Waals surface area contributed by atoms with E-state index in [2.05, 4.69) is 15.4 Å². The van der Waals surface area contributed by atoms with Gasteiger partial charge in [-0.3, -0.25) is 9.48 Å². The van der Waals surface area contributed by atoms with Crippen LogP contribution in [-0.2, 0) is 7.05 Å². The number of amides is 1. The molecule has 8 heteroatoms. The number of hydrogen-bond donors (Lipinski definition) is 2. The summed E-state index contributed by atoms with van der Waals surface area (Å²) in [4.78, 5) is 16.6. The maximum absolute atomic E-state index is 13.9. The van der Waals surface area contributed by atoms with Crippen molar-refractivity contribution >= 4 is 17.4 Å². The number of pyridine rings is 1. The fraction of sp³-hybridized carbons (Fsp3) is 0.0870. The zero-order chi connectivity index (χ0) is 22.1. The molecule has 0 spiro atoms. The molecule has 31 heavy (non-hydrogen) atoms. The summed E-state index contributed by atoms with van der Waals surface area (Å²) in [5.74, 6) is -2.00. The molecular formula is C23H19F2N5O. The maximum Gasteiger partial charge on any atom is 0.276 e. The first-order valence-corrected chi connectivity index (χ1v) is 9.46. The van der Waals surface area contributed by atoms with Crippen molar-refractivity contribution in [3.63, 3.8) is 0 Å². The quantitative estimate of drug-likeness (QED) is 0.507. The number of halogens is 2. The number of nitrogens with two attached hydrogens (primary N) is 1. The molecule has 0 unspecified atom stereocenters. The second-order valence-electron chi connectivity index (χ2n) is 7.09. The van der Waals surface area contributed by atoms with Crippen LogP contribution >= 0.6 is 0 Å². The van der Waals surface area contributed by atoms with Gasteiger partial charge in [0.1, 0.15) is 23.1 Å². The lowest BCUT2D eigenvalue weighted by Gasteiger charge is -2.10. The highest BCUT2D eigenvalue weighted by Gasteiger charge is 2.19. The Labute approximate surface area is 177 Å². The molecule has 2 heterocycles. The number of hydrogen-bond acceptors (Lipinski definition) is 4. The summed E-state index contributed by atoms with van der Waals surface area (Å²) in [6.45, 7) is 1.95. The van der Waals surface area contributed by atoms with Crippen LogP contribution in [0.4, 0.5) is 20.3 Å². The predicted molar refractivity (Wildman–Crippen MR) is 115 cm³/mol. The minimum Gasteiger partial charge on any atom is -0.384 e. The van der Waals surface area contributed by atoms with Gasteiger partial charge in [0, 0.05) is 18.8 Å². The van der Waals surface area contributed by atoms with Crippen LogP contribution < -0.4 is 11.1 Å². The summed E-state index contributed by atoms with van der Waals surface area (Å²) in [6.07, 6.45) is 1.64. The van der Waals surface area contributed by atoms with Gasteiger partial charge in [0.2, 0.25) is 0 Å². The number of anilines is 2. The van der Waals surface area contributed by atoms with E-state index < -0.39 is 23.2 Å². The Kier molecular flexibility index (Phi) is 5.21. The van der Waals surface area contributed by atoms with Crippen molar-refractivity contribution in [1.82, 2.24) is 14.8 Å². The smallest absolute Gasteiger partial charge is 0.276 e. The first-order valence-electron chi connectivity index (χ1n) is 9.46. The Hall–Kier alpha value is -4.07. The number of benzene rings is 2. The number of rotatable bonds is 4. The Balaban J connectivity index is 1.69. The molecule has 0 aliphatic carbocycles. The molecule has 6 nitrogen and oxygen atoms in total. The summed E-state index contributed by atoms with van der Waals surface area (Å²) >= 11 is 0. The molecule has 0 radical (unpaired) electrons. The molecule has 2 aromatic carbocycles. The molecule has 1 amide bonds.